The summed E-state index contributed by atoms with van der Waals surface area (Å²) in [7, 11) is 1.68. The first-order valence-electron chi connectivity index (χ1n) is 11.1. The first kappa shape index (κ1) is 20.3. The molecule has 0 saturated carbocycles. The normalized spacial score (nSPS) is 14.6. The van der Waals surface area contributed by atoms with Crippen molar-refractivity contribution in [1.29, 1.82) is 0 Å². The molecule has 7 nitrogen and oxygen atoms in total. The second-order valence-electron chi connectivity index (χ2n) is 8.25. The van der Waals surface area contributed by atoms with E-state index in [1.165, 1.54) is 11.3 Å². The number of nitrogens with zero attached hydrogens (tertiary/aromatic N) is 6. The van der Waals surface area contributed by atoms with Gasteiger partial charge in [-0.2, -0.15) is 5.10 Å². The monoisotopic (exact) mass is 428 g/mol. The van der Waals surface area contributed by atoms with Crippen molar-refractivity contribution in [2.45, 2.75) is 19.9 Å². The lowest BCUT2D eigenvalue weighted by Crippen LogP contribution is -2.31. The Kier molecular flexibility index (Phi) is 5.62. The summed E-state index contributed by atoms with van der Waals surface area (Å²) in [6.45, 7) is 6.66. The largest absolute Gasteiger partial charge is 0.497 e. The van der Waals surface area contributed by atoms with Gasteiger partial charge in [0.25, 0.3) is 0 Å². The Balaban J connectivity index is 1.37. The van der Waals surface area contributed by atoms with Gasteiger partial charge in [-0.3, -0.25) is 0 Å². The molecule has 0 bridgehead atoms. The fraction of sp³-hybridized carbons (Fsp3) is 0.320. The summed E-state index contributed by atoms with van der Waals surface area (Å²) >= 11 is 0. The molecule has 7 heteroatoms. The second-order valence-corrected chi connectivity index (χ2v) is 8.25. The Bertz CT molecular complexity index is 1200. The number of benzene rings is 2. The van der Waals surface area contributed by atoms with Gasteiger partial charge in [0.1, 0.15) is 17.9 Å². The van der Waals surface area contributed by atoms with E-state index >= 15 is 0 Å². The van der Waals surface area contributed by atoms with E-state index < -0.39 is 0 Å². The van der Waals surface area contributed by atoms with Crippen LogP contribution in [0.2, 0.25) is 0 Å². The summed E-state index contributed by atoms with van der Waals surface area (Å²) in [6.07, 6.45) is 4.63. The average Bonchev–Trinajstić information content (AvgIpc) is 3.07. The molecule has 32 heavy (non-hydrogen) atoms. The zero-order valence-electron chi connectivity index (χ0n) is 18.6. The van der Waals surface area contributed by atoms with E-state index in [2.05, 4.69) is 62.1 Å². The molecule has 0 atom stereocenters. The molecular weight excluding hydrogens is 400 g/mol. The average molecular weight is 429 g/mol. The molecule has 1 saturated heterocycles. The van der Waals surface area contributed by atoms with E-state index in [9.17, 15) is 0 Å². The van der Waals surface area contributed by atoms with Crippen molar-refractivity contribution in [1.82, 2.24) is 19.7 Å². The van der Waals surface area contributed by atoms with Crippen LogP contribution in [0, 0.1) is 6.92 Å². The highest BCUT2D eigenvalue weighted by Crippen LogP contribution is 2.26. The van der Waals surface area contributed by atoms with Gasteiger partial charge in [-0.05, 0) is 43.2 Å². The third kappa shape index (κ3) is 4.10. The van der Waals surface area contributed by atoms with Crippen LogP contribution in [-0.4, -0.2) is 53.0 Å². The lowest BCUT2D eigenvalue weighted by molar-refractivity contribution is 0.414. The summed E-state index contributed by atoms with van der Waals surface area (Å²) in [6, 6.07) is 16.9. The minimum Gasteiger partial charge on any atom is -0.497 e. The van der Waals surface area contributed by atoms with Gasteiger partial charge >= 0.3 is 0 Å². The van der Waals surface area contributed by atoms with Crippen molar-refractivity contribution in [3.05, 3.63) is 72.2 Å². The second kappa shape index (κ2) is 8.86. The third-order valence-electron chi connectivity index (χ3n) is 6.07. The number of methoxy groups -OCH3 is 1. The lowest BCUT2D eigenvalue weighted by atomic mass is 10.2. The van der Waals surface area contributed by atoms with Gasteiger partial charge in [-0.15, -0.1) is 0 Å². The molecular formula is C25H28N6O. The molecule has 164 valence electrons. The van der Waals surface area contributed by atoms with Crippen molar-refractivity contribution in [3.8, 4) is 5.75 Å². The smallest absolute Gasteiger partial charge is 0.163 e. The quantitative estimate of drug-likeness (QED) is 0.480. The number of rotatable bonds is 5. The highest BCUT2D eigenvalue weighted by molar-refractivity contribution is 5.86. The molecule has 1 aliphatic heterocycles. The standard InChI is InChI=1S/C25H28N6O/c1-19-7-9-21(10-8-19)29-11-4-12-30(14-13-29)24-23-16-28-31(25(23)27-18-26-24)17-20-5-3-6-22(15-20)32-2/h3,5-10,15-16,18H,4,11-14,17H2,1-2H3. The first-order chi connectivity index (χ1) is 15.7. The summed E-state index contributed by atoms with van der Waals surface area (Å²) in [5.41, 5.74) is 4.56. The number of hydrogen-bond donors (Lipinski definition) is 0. The Labute approximate surface area is 188 Å². The molecule has 5 rings (SSSR count). The molecule has 3 heterocycles. The highest BCUT2D eigenvalue weighted by atomic mass is 16.5. The van der Waals surface area contributed by atoms with Gasteiger partial charge in [0, 0.05) is 31.9 Å². The van der Waals surface area contributed by atoms with E-state index in [-0.39, 0.29) is 0 Å². The topological polar surface area (TPSA) is 59.3 Å². The van der Waals surface area contributed by atoms with Gasteiger partial charge in [0.15, 0.2) is 5.65 Å². The lowest BCUT2D eigenvalue weighted by Gasteiger charge is -2.24. The molecule has 0 N–H and O–H groups in total. The van der Waals surface area contributed by atoms with Crippen molar-refractivity contribution in [2.24, 2.45) is 0 Å². The zero-order chi connectivity index (χ0) is 21.9. The number of ether oxygens (including phenoxy) is 1. The van der Waals surface area contributed by atoms with Crippen LogP contribution in [0.4, 0.5) is 11.5 Å². The number of anilines is 2. The third-order valence-corrected chi connectivity index (χ3v) is 6.07. The van der Waals surface area contributed by atoms with E-state index in [0.717, 1.165) is 60.8 Å². The van der Waals surface area contributed by atoms with Crippen LogP contribution in [0.1, 0.15) is 17.5 Å². The Morgan fingerprint density at radius 2 is 1.75 bits per heavy atom. The van der Waals surface area contributed by atoms with Crippen LogP contribution in [0.15, 0.2) is 61.1 Å². The van der Waals surface area contributed by atoms with Gasteiger partial charge in [0.05, 0.1) is 25.2 Å². The SMILES string of the molecule is COc1cccc(Cn2ncc3c(N4CCCN(c5ccc(C)cc5)CC4)ncnc32)c1. The molecule has 0 radical (unpaired) electrons. The van der Waals surface area contributed by atoms with E-state index in [0.29, 0.717) is 6.54 Å². The van der Waals surface area contributed by atoms with Gasteiger partial charge in [0.2, 0.25) is 0 Å². The van der Waals surface area contributed by atoms with Crippen LogP contribution >= 0.6 is 0 Å². The minimum atomic E-state index is 0.637. The van der Waals surface area contributed by atoms with Crippen LogP contribution in [0.3, 0.4) is 0 Å². The van der Waals surface area contributed by atoms with Crippen molar-refractivity contribution in [2.75, 3.05) is 43.1 Å². The fourth-order valence-corrected chi connectivity index (χ4v) is 4.34. The summed E-state index contributed by atoms with van der Waals surface area (Å²) in [5.74, 6) is 1.81. The number of aromatic nitrogens is 4. The maximum absolute atomic E-state index is 5.35. The van der Waals surface area contributed by atoms with Crippen LogP contribution < -0.4 is 14.5 Å². The molecule has 2 aromatic heterocycles. The highest BCUT2D eigenvalue weighted by Gasteiger charge is 2.20. The van der Waals surface area contributed by atoms with E-state index in [1.807, 2.05) is 29.1 Å². The Hall–Kier alpha value is -3.61. The van der Waals surface area contributed by atoms with Crippen molar-refractivity contribution >= 4 is 22.5 Å². The number of hydrogen-bond acceptors (Lipinski definition) is 6. The number of fused-ring (bicyclic) bond motifs is 1. The predicted octanol–water partition coefficient (Wildman–Crippen LogP) is 3.91. The molecule has 0 aliphatic carbocycles. The first-order valence-corrected chi connectivity index (χ1v) is 11.1. The van der Waals surface area contributed by atoms with Gasteiger partial charge < -0.3 is 14.5 Å². The summed E-state index contributed by atoms with van der Waals surface area (Å²) in [5, 5.41) is 5.63. The summed E-state index contributed by atoms with van der Waals surface area (Å²) in [4.78, 5) is 14.0. The van der Waals surface area contributed by atoms with E-state index in [1.54, 1.807) is 13.4 Å². The zero-order valence-corrected chi connectivity index (χ0v) is 18.6. The molecule has 0 spiro atoms. The van der Waals surface area contributed by atoms with Crippen LogP contribution in [-0.2, 0) is 6.54 Å². The summed E-state index contributed by atoms with van der Waals surface area (Å²) < 4.78 is 7.29. The Morgan fingerprint density at radius 1 is 0.938 bits per heavy atom. The minimum absolute atomic E-state index is 0.637. The van der Waals surface area contributed by atoms with Crippen LogP contribution in [0.5, 0.6) is 5.75 Å². The van der Waals surface area contributed by atoms with Crippen molar-refractivity contribution < 1.29 is 4.74 Å². The fourth-order valence-electron chi connectivity index (χ4n) is 4.34. The molecule has 2 aromatic carbocycles. The predicted molar refractivity (Wildman–Crippen MR) is 128 cm³/mol. The Morgan fingerprint density at radius 3 is 2.59 bits per heavy atom. The van der Waals surface area contributed by atoms with Crippen LogP contribution in [0.25, 0.3) is 11.0 Å². The molecule has 4 aromatic rings. The molecule has 1 aliphatic rings. The van der Waals surface area contributed by atoms with Gasteiger partial charge in [-0.1, -0.05) is 29.8 Å². The number of aryl methyl sites for hydroxylation is 1. The van der Waals surface area contributed by atoms with Gasteiger partial charge in [-0.25, -0.2) is 14.6 Å². The van der Waals surface area contributed by atoms with Crippen molar-refractivity contribution in [3.63, 3.8) is 0 Å². The maximum atomic E-state index is 5.35. The maximum Gasteiger partial charge on any atom is 0.163 e. The molecule has 0 unspecified atom stereocenters. The molecule has 1 fully saturated rings. The molecule has 0 amide bonds. The van der Waals surface area contributed by atoms with E-state index in [4.69, 9.17) is 4.74 Å².